The van der Waals surface area contributed by atoms with Gasteiger partial charge in [0.15, 0.2) is 0 Å². The molecule has 2 heterocycles. The van der Waals surface area contributed by atoms with Crippen LogP contribution in [0.5, 0.6) is 5.75 Å². The molecule has 0 radical (unpaired) electrons. The lowest BCUT2D eigenvalue weighted by molar-refractivity contribution is 0.188. The maximum atomic E-state index is 5.87. The molecule has 1 atom stereocenters. The molecule has 0 saturated carbocycles. The molecule has 1 aromatic rings. The Kier molecular flexibility index (Phi) is 4.81. The lowest BCUT2D eigenvalue weighted by atomic mass is 10.2. The summed E-state index contributed by atoms with van der Waals surface area (Å²) in [6.07, 6.45) is 4.03. The van der Waals surface area contributed by atoms with E-state index in [-0.39, 0.29) is 0 Å². The van der Waals surface area contributed by atoms with E-state index in [0.717, 1.165) is 30.0 Å². The molecule has 2 aliphatic rings. The second-order valence-corrected chi connectivity index (χ2v) is 6.23. The van der Waals surface area contributed by atoms with Gasteiger partial charge in [-0.15, -0.1) is 0 Å². The van der Waals surface area contributed by atoms with Crippen LogP contribution in [0, 0.1) is 0 Å². The molecule has 0 amide bonds. The van der Waals surface area contributed by atoms with Crippen LogP contribution in [0.2, 0.25) is 5.02 Å². The molecular formula is C16H23ClN2O. The van der Waals surface area contributed by atoms with Crippen LogP contribution in [-0.2, 0) is 0 Å². The minimum atomic E-state index is 0.756. The predicted molar refractivity (Wildman–Crippen MR) is 82.6 cm³/mol. The number of fused-ring (bicyclic) bond motifs is 1. The summed E-state index contributed by atoms with van der Waals surface area (Å²) < 4.78 is 5.80. The van der Waals surface area contributed by atoms with Gasteiger partial charge in [-0.05, 0) is 63.2 Å². The quantitative estimate of drug-likeness (QED) is 0.849. The highest BCUT2D eigenvalue weighted by Gasteiger charge is 2.28. The molecule has 3 nitrogen and oxygen atoms in total. The molecule has 3 rings (SSSR count). The van der Waals surface area contributed by atoms with Crippen LogP contribution in [0.1, 0.15) is 19.3 Å². The first kappa shape index (κ1) is 14.2. The molecule has 0 bridgehead atoms. The largest absolute Gasteiger partial charge is 0.492 e. The molecule has 0 aliphatic carbocycles. The van der Waals surface area contributed by atoms with Crippen molar-refractivity contribution < 1.29 is 4.74 Å². The number of nitrogens with zero attached hydrogens (tertiary/aromatic N) is 2. The summed E-state index contributed by atoms with van der Waals surface area (Å²) in [5, 5.41) is 0.756. The third kappa shape index (κ3) is 3.66. The van der Waals surface area contributed by atoms with Crippen molar-refractivity contribution in [2.24, 2.45) is 0 Å². The van der Waals surface area contributed by atoms with Gasteiger partial charge >= 0.3 is 0 Å². The van der Waals surface area contributed by atoms with Crippen LogP contribution < -0.4 is 4.74 Å². The minimum Gasteiger partial charge on any atom is -0.492 e. The van der Waals surface area contributed by atoms with Crippen LogP contribution in [-0.4, -0.2) is 55.2 Å². The van der Waals surface area contributed by atoms with Gasteiger partial charge < -0.3 is 4.74 Å². The van der Waals surface area contributed by atoms with Gasteiger partial charge in [0.05, 0.1) is 0 Å². The smallest absolute Gasteiger partial charge is 0.119 e. The van der Waals surface area contributed by atoms with Crippen molar-refractivity contribution in [3.8, 4) is 5.75 Å². The summed E-state index contributed by atoms with van der Waals surface area (Å²) >= 11 is 5.87. The SMILES string of the molecule is Clc1ccc(OCCN2CCCN3CCCC3C2)cc1. The Bertz CT molecular complexity index is 423. The summed E-state index contributed by atoms with van der Waals surface area (Å²) in [5.41, 5.74) is 0. The molecular weight excluding hydrogens is 272 g/mol. The summed E-state index contributed by atoms with van der Waals surface area (Å²) in [4.78, 5) is 5.23. The Hall–Kier alpha value is -0.770. The molecule has 2 aliphatic heterocycles. The van der Waals surface area contributed by atoms with Crippen molar-refractivity contribution in [2.75, 3.05) is 39.3 Å². The van der Waals surface area contributed by atoms with Crippen LogP contribution in [0.3, 0.4) is 0 Å². The molecule has 20 heavy (non-hydrogen) atoms. The van der Waals surface area contributed by atoms with Crippen LogP contribution in [0.4, 0.5) is 0 Å². The zero-order chi connectivity index (χ0) is 13.8. The zero-order valence-electron chi connectivity index (χ0n) is 11.9. The highest BCUT2D eigenvalue weighted by atomic mass is 35.5. The number of ether oxygens (including phenoxy) is 1. The number of hydrogen-bond donors (Lipinski definition) is 0. The Morgan fingerprint density at radius 1 is 1.10 bits per heavy atom. The first-order chi connectivity index (χ1) is 9.81. The van der Waals surface area contributed by atoms with Gasteiger partial charge in [-0.3, -0.25) is 9.80 Å². The molecule has 2 saturated heterocycles. The van der Waals surface area contributed by atoms with Crippen LogP contribution in [0.25, 0.3) is 0 Å². The van der Waals surface area contributed by atoms with Crippen molar-refractivity contribution in [1.82, 2.24) is 9.80 Å². The lowest BCUT2D eigenvalue weighted by Gasteiger charge is -2.25. The second-order valence-electron chi connectivity index (χ2n) is 5.79. The van der Waals surface area contributed by atoms with Gasteiger partial charge in [-0.2, -0.15) is 0 Å². The van der Waals surface area contributed by atoms with E-state index in [2.05, 4.69) is 9.80 Å². The molecule has 0 N–H and O–H groups in total. The van der Waals surface area contributed by atoms with E-state index in [1.54, 1.807) is 0 Å². The average Bonchev–Trinajstić information content (AvgIpc) is 2.80. The van der Waals surface area contributed by atoms with Crippen LogP contribution in [0.15, 0.2) is 24.3 Å². The normalized spacial score (nSPS) is 24.4. The molecule has 2 fully saturated rings. The Morgan fingerprint density at radius 3 is 2.75 bits per heavy atom. The van der Waals surface area contributed by atoms with Gasteiger partial charge in [-0.1, -0.05) is 11.6 Å². The maximum Gasteiger partial charge on any atom is 0.119 e. The van der Waals surface area contributed by atoms with E-state index in [0.29, 0.717) is 0 Å². The Morgan fingerprint density at radius 2 is 1.90 bits per heavy atom. The third-order valence-electron chi connectivity index (χ3n) is 4.38. The molecule has 0 spiro atoms. The molecule has 0 aromatic heterocycles. The fourth-order valence-electron chi connectivity index (χ4n) is 3.31. The summed E-state index contributed by atoms with van der Waals surface area (Å²) in [7, 11) is 0. The average molecular weight is 295 g/mol. The van der Waals surface area contributed by atoms with Crippen molar-refractivity contribution in [3.05, 3.63) is 29.3 Å². The number of benzene rings is 1. The van der Waals surface area contributed by atoms with E-state index in [1.807, 2.05) is 24.3 Å². The zero-order valence-corrected chi connectivity index (χ0v) is 12.7. The van der Waals surface area contributed by atoms with Crippen molar-refractivity contribution in [1.29, 1.82) is 0 Å². The standard InChI is InChI=1S/C16H23ClN2O/c17-14-4-6-16(7-5-14)20-12-11-18-8-2-10-19-9-1-3-15(19)13-18/h4-7,15H,1-3,8-13H2. The van der Waals surface area contributed by atoms with Gasteiger partial charge in [0.1, 0.15) is 12.4 Å². The maximum absolute atomic E-state index is 5.87. The number of hydrogen-bond acceptors (Lipinski definition) is 3. The van der Waals surface area contributed by atoms with Gasteiger partial charge in [-0.25, -0.2) is 0 Å². The Labute approximate surface area is 126 Å². The minimum absolute atomic E-state index is 0.756. The molecule has 110 valence electrons. The Balaban J connectivity index is 1.44. The molecule has 1 aromatic carbocycles. The van der Waals surface area contributed by atoms with Crippen molar-refractivity contribution in [2.45, 2.75) is 25.3 Å². The number of rotatable bonds is 4. The summed E-state index contributed by atoms with van der Waals surface area (Å²) in [6.45, 7) is 6.78. The van der Waals surface area contributed by atoms with E-state index in [4.69, 9.17) is 16.3 Å². The monoisotopic (exact) mass is 294 g/mol. The summed E-state index contributed by atoms with van der Waals surface area (Å²) in [5.74, 6) is 0.909. The number of halogens is 1. The van der Waals surface area contributed by atoms with E-state index in [1.165, 1.54) is 45.4 Å². The predicted octanol–water partition coefficient (Wildman–Crippen LogP) is 2.89. The highest BCUT2D eigenvalue weighted by Crippen LogP contribution is 2.21. The molecule has 1 unspecified atom stereocenters. The van der Waals surface area contributed by atoms with E-state index < -0.39 is 0 Å². The van der Waals surface area contributed by atoms with E-state index in [9.17, 15) is 0 Å². The van der Waals surface area contributed by atoms with E-state index >= 15 is 0 Å². The highest BCUT2D eigenvalue weighted by molar-refractivity contribution is 6.30. The van der Waals surface area contributed by atoms with Crippen molar-refractivity contribution >= 4 is 11.6 Å². The first-order valence-corrected chi connectivity index (χ1v) is 8.04. The first-order valence-electron chi connectivity index (χ1n) is 7.66. The van der Waals surface area contributed by atoms with Crippen LogP contribution >= 0.6 is 11.6 Å². The topological polar surface area (TPSA) is 15.7 Å². The summed E-state index contributed by atoms with van der Waals surface area (Å²) in [6, 6.07) is 8.40. The third-order valence-corrected chi connectivity index (χ3v) is 4.63. The van der Waals surface area contributed by atoms with Gasteiger partial charge in [0.25, 0.3) is 0 Å². The van der Waals surface area contributed by atoms with Gasteiger partial charge in [0, 0.05) is 24.2 Å². The second kappa shape index (κ2) is 6.79. The van der Waals surface area contributed by atoms with Gasteiger partial charge in [0.2, 0.25) is 0 Å². The lowest BCUT2D eigenvalue weighted by Crippen LogP contribution is -2.38. The fourth-order valence-corrected chi connectivity index (χ4v) is 3.44. The molecule has 4 heteroatoms. The fraction of sp³-hybridized carbons (Fsp3) is 0.625. The van der Waals surface area contributed by atoms with Crippen molar-refractivity contribution in [3.63, 3.8) is 0 Å².